The van der Waals surface area contributed by atoms with Gasteiger partial charge in [-0.25, -0.2) is 0 Å². The third kappa shape index (κ3) is 4.78. The van der Waals surface area contributed by atoms with Crippen LogP contribution in [-0.4, -0.2) is 88.6 Å². The Labute approximate surface area is 268 Å². The van der Waals surface area contributed by atoms with Crippen molar-refractivity contribution in [2.24, 2.45) is 40.9 Å². The predicted octanol–water partition coefficient (Wildman–Crippen LogP) is 2.07. The van der Waals surface area contributed by atoms with E-state index in [-0.39, 0.29) is 19.4 Å². The summed E-state index contributed by atoms with van der Waals surface area (Å²) in [5.41, 5.74) is -6.58. The zero-order valence-corrected chi connectivity index (χ0v) is 27.9. The van der Waals surface area contributed by atoms with E-state index in [4.69, 9.17) is 28.4 Å². The van der Waals surface area contributed by atoms with E-state index in [1.807, 2.05) is 6.92 Å². The number of hydrogen-bond donors (Lipinski definition) is 1. The number of hydrogen-bond acceptors (Lipinski definition) is 13. The van der Waals surface area contributed by atoms with Crippen LogP contribution < -0.4 is 0 Å². The molecule has 0 unspecified atom stereocenters. The van der Waals surface area contributed by atoms with Gasteiger partial charge in [0.25, 0.3) is 0 Å². The van der Waals surface area contributed by atoms with Crippen LogP contribution in [0.5, 0.6) is 0 Å². The molecule has 0 radical (unpaired) electrons. The summed E-state index contributed by atoms with van der Waals surface area (Å²) in [5.74, 6) is -8.50. The summed E-state index contributed by atoms with van der Waals surface area (Å²) >= 11 is 0. The molecule has 1 heterocycles. The molecule has 1 aliphatic heterocycles. The number of fused-ring (bicyclic) bond motifs is 2. The lowest BCUT2D eigenvalue weighted by Crippen LogP contribution is -2.75. The fourth-order valence-corrected chi connectivity index (χ4v) is 9.93. The molecule has 256 valence electrons. The summed E-state index contributed by atoms with van der Waals surface area (Å²) in [5, 5.41) is 12.8. The van der Waals surface area contributed by atoms with Crippen LogP contribution in [0.1, 0.15) is 81.6 Å². The van der Waals surface area contributed by atoms with Crippen molar-refractivity contribution in [2.75, 3.05) is 6.61 Å². The van der Waals surface area contributed by atoms with E-state index in [1.54, 1.807) is 27.7 Å². The molecule has 4 aliphatic carbocycles. The highest BCUT2D eigenvalue weighted by atomic mass is 16.6. The van der Waals surface area contributed by atoms with Crippen molar-refractivity contribution < 1.29 is 62.3 Å². The SMILES string of the molecule is CC[C@@H](C)C(=O)O[C@@H]1C(=O)[C@@]23CO[C@@](C)([C@H]2[C@H]2[C@@H]1C[C@@]2(C)OC(C)=O)[C@@H](OC(C)=O)[C@]1(O)C[C@@H](C)[C@@H](OC(C)=O)[C@H]1[C@@H]3OC(C)=O. The maximum atomic E-state index is 15.2. The minimum atomic E-state index is -2.01. The van der Waals surface area contributed by atoms with Crippen LogP contribution in [0, 0.1) is 40.9 Å². The fourth-order valence-electron chi connectivity index (χ4n) is 9.93. The maximum Gasteiger partial charge on any atom is 0.309 e. The van der Waals surface area contributed by atoms with Crippen LogP contribution >= 0.6 is 0 Å². The fraction of sp³-hybridized carbons (Fsp3) is 0.818. The summed E-state index contributed by atoms with van der Waals surface area (Å²) in [6.07, 6.45) is -4.68. The van der Waals surface area contributed by atoms with E-state index in [2.05, 4.69) is 0 Å². The molecule has 0 aromatic carbocycles. The van der Waals surface area contributed by atoms with Gasteiger partial charge in [0.05, 0.1) is 23.9 Å². The molecule has 2 bridgehead atoms. The van der Waals surface area contributed by atoms with Gasteiger partial charge in [0.2, 0.25) is 0 Å². The van der Waals surface area contributed by atoms with Gasteiger partial charge in [0, 0.05) is 45.4 Å². The normalized spacial score (nSPS) is 45.9. The Hall–Kier alpha value is -3.06. The number of esters is 5. The number of ketones is 1. The number of aliphatic hydroxyl groups is 1. The van der Waals surface area contributed by atoms with Gasteiger partial charge in [-0.3, -0.25) is 28.8 Å². The molecule has 0 aromatic heterocycles. The van der Waals surface area contributed by atoms with E-state index in [0.29, 0.717) is 6.42 Å². The number of carbonyl (C=O) groups is 6. The zero-order chi connectivity index (χ0) is 34.3. The summed E-state index contributed by atoms with van der Waals surface area (Å²) in [4.78, 5) is 79.0. The monoisotopic (exact) mass is 650 g/mol. The van der Waals surface area contributed by atoms with E-state index in [1.165, 1.54) is 20.8 Å². The van der Waals surface area contributed by atoms with Crippen LogP contribution in [0.25, 0.3) is 0 Å². The average molecular weight is 651 g/mol. The van der Waals surface area contributed by atoms with Crippen molar-refractivity contribution in [1.82, 2.24) is 0 Å². The lowest BCUT2D eigenvalue weighted by atomic mass is 9.42. The molecule has 4 saturated carbocycles. The van der Waals surface area contributed by atoms with Crippen LogP contribution in [0.4, 0.5) is 0 Å². The lowest BCUT2D eigenvalue weighted by Gasteiger charge is -2.64. The van der Waals surface area contributed by atoms with Crippen molar-refractivity contribution in [1.29, 1.82) is 0 Å². The Balaban J connectivity index is 1.82. The van der Waals surface area contributed by atoms with Crippen LogP contribution in [0.2, 0.25) is 0 Å². The summed E-state index contributed by atoms with van der Waals surface area (Å²) < 4.78 is 36.2. The molecule has 0 amide bonds. The number of Topliss-reactive ketones (excluding diaryl/α,β-unsaturated/α-hetero) is 1. The molecule has 13 heteroatoms. The molecule has 1 saturated heterocycles. The first-order valence-electron chi connectivity index (χ1n) is 16.1. The third-order valence-corrected chi connectivity index (χ3v) is 11.5. The van der Waals surface area contributed by atoms with E-state index in [9.17, 15) is 29.1 Å². The maximum absolute atomic E-state index is 15.2. The van der Waals surface area contributed by atoms with E-state index in [0.717, 1.165) is 6.92 Å². The first-order valence-corrected chi connectivity index (χ1v) is 16.1. The van der Waals surface area contributed by atoms with E-state index >= 15 is 4.79 Å². The number of carbonyl (C=O) groups excluding carboxylic acids is 6. The molecule has 13 nitrogen and oxygen atoms in total. The quantitative estimate of drug-likeness (QED) is 0.313. The highest BCUT2D eigenvalue weighted by molar-refractivity contribution is 5.94. The zero-order valence-electron chi connectivity index (χ0n) is 27.9. The van der Waals surface area contributed by atoms with Crippen molar-refractivity contribution in [2.45, 2.75) is 123 Å². The minimum absolute atomic E-state index is 0.0526. The minimum Gasteiger partial charge on any atom is -0.462 e. The van der Waals surface area contributed by atoms with Gasteiger partial charge >= 0.3 is 29.8 Å². The second-order valence-electron chi connectivity index (χ2n) is 14.6. The molecular formula is C33H46O13. The smallest absolute Gasteiger partial charge is 0.309 e. The van der Waals surface area contributed by atoms with Gasteiger partial charge in [0.1, 0.15) is 29.0 Å². The molecule has 0 spiro atoms. The molecule has 46 heavy (non-hydrogen) atoms. The number of rotatable bonds is 7. The van der Waals surface area contributed by atoms with Crippen LogP contribution in [0.3, 0.4) is 0 Å². The Morgan fingerprint density at radius 3 is 2.07 bits per heavy atom. The van der Waals surface area contributed by atoms with Crippen molar-refractivity contribution in [3.05, 3.63) is 0 Å². The Kier molecular flexibility index (Phi) is 8.41. The third-order valence-electron chi connectivity index (χ3n) is 11.5. The Morgan fingerprint density at radius 1 is 0.913 bits per heavy atom. The second-order valence-corrected chi connectivity index (χ2v) is 14.6. The van der Waals surface area contributed by atoms with Crippen molar-refractivity contribution in [3.63, 3.8) is 0 Å². The van der Waals surface area contributed by atoms with Gasteiger partial charge in [-0.05, 0) is 39.0 Å². The lowest BCUT2D eigenvalue weighted by molar-refractivity contribution is -0.260. The van der Waals surface area contributed by atoms with Gasteiger partial charge in [0.15, 0.2) is 18.0 Å². The number of ether oxygens (including phenoxy) is 6. The predicted molar refractivity (Wildman–Crippen MR) is 155 cm³/mol. The largest absolute Gasteiger partial charge is 0.462 e. The van der Waals surface area contributed by atoms with Gasteiger partial charge in [-0.15, -0.1) is 0 Å². The molecule has 5 aliphatic rings. The topological polar surface area (TPSA) is 178 Å². The standard InChI is InChI=1S/C33H46O13/c1-10-14(2)28(39)45-24-20-12-30(8,46-19(7)37)21(20)25-31(9)29(44-18(6)36)33(40)11-15(3)23(42-16(4)34)22(33)27(43-17(5)35)32(25,13-41-31)26(24)38/h14-15,20-25,27,29,40H,10-13H2,1-9H3/t14-,15-,20+,21-,22+,23-,24+,25-,27+,29-,30-,31+,32-,33+/m1/s1. The highest BCUT2D eigenvalue weighted by Crippen LogP contribution is 2.72. The molecule has 14 atom stereocenters. The second kappa shape index (κ2) is 11.3. The first-order chi connectivity index (χ1) is 21.3. The summed E-state index contributed by atoms with van der Waals surface area (Å²) in [6, 6.07) is 0. The molecule has 5 rings (SSSR count). The summed E-state index contributed by atoms with van der Waals surface area (Å²) in [7, 11) is 0. The van der Waals surface area contributed by atoms with Crippen molar-refractivity contribution in [3.8, 4) is 0 Å². The Bertz CT molecular complexity index is 1340. The van der Waals surface area contributed by atoms with Crippen LogP contribution in [-0.2, 0) is 57.2 Å². The van der Waals surface area contributed by atoms with Crippen molar-refractivity contribution >= 4 is 35.6 Å². The van der Waals surface area contributed by atoms with Gasteiger partial charge in [-0.1, -0.05) is 20.8 Å². The van der Waals surface area contributed by atoms with E-state index < -0.39 is 118 Å². The Morgan fingerprint density at radius 2 is 1.52 bits per heavy atom. The first kappa shape index (κ1) is 34.3. The average Bonchev–Trinajstić information content (AvgIpc) is 3.35. The summed E-state index contributed by atoms with van der Waals surface area (Å²) in [6.45, 7) is 13.1. The highest BCUT2D eigenvalue weighted by Gasteiger charge is 2.86. The molecular weight excluding hydrogens is 604 g/mol. The van der Waals surface area contributed by atoms with Gasteiger partial charge in [-0.2, -0.15) is 0 Å². The molecule has 5 fully saturated rings. The van der Waals surface area contributed by atoms with Crippen LogP contribution in [0.15, 0.2) is 0 Å². The molecule has 1 N–H and O–H groups in total. The van der Waals surface area contributed by atoms with Gasteiger partial charge < -0.3 is 33.5 Å². The molecule has 0 aromatic rings.